The van der Waals surface area contributed by atoms with E-state index in [0.717, 1.165) is 19.6 Å². The van der Waals surface area contributed by atoms with Gasteiger partial charge in [0.05, 0.1) is 0 Å². The summed E-state index contributed by atoms with van der Waals surface area (Å²) in [5.74, 6) is 0. The third kappa shape index (κ3) is 3.60. The molecule has 1 heterocycles. The Bertz CT molecular complexity index is 392. The molecule has 1 aromatic carbocycles. The average molecular weight is 275 g/mol. The minimum Gasteiger partial charge on any atom is -0.329 e. The lowest BCUT2D eigenvalue weighted by Gasteiger charge is -2.41. The van der Waals surface area contributed by atoms with E-state index in [2.05, 4.69) is 54.1 Å². The highest BCUT2D eigenvalue weighted by molar-refractivity contribution is 5.15. The van der Waals surface area contributed by atoms with Crippen molar-refractivity contribution >= 4 is 0 Å². The molecule has 1 aromatic rings. The molecule has 1 aliphatic heterocycles. The van der Waals surface area contributed by atoms with Crippen LogP contribution in [0.3, 0.4) is 0 Å². The van der Waals surface area contributed by atoms with Crippen LogP contribution in [0.25, 0.3) is 0 Å². The molecule has 1 atom stereocenters. The van der Waals surface area contributed by atoms with Crippen LogP contribution in [0.15, 0.2) is 30.3 Å². The Morgan fingerprint density at radius 1 is 1.20 bits per heavy atom. The predicted octanol–water partition coefficient (Wildman–Crippen LogP) is 2.32. The molecular formula is C17H29N3. The first kappa shape index (κ1) is 15.5. The summed E-state index contributed by atoms with van der Waals surface area (Å²) in [6, 6.07) is 10.7. The van der Waals surface area contributed by atoms with E-state index in [9.17, 15) is 0 Å². The normalized spacial score (nSPS) is 24.8. The number of likely N-dealkylation sites (N-methyl/N-ethyl adjacent to an activating group) is 1. The van der Waals surface area contributed by atoms with Gasteiger partial charge in [0.25, 0.3) is 0 Å². The highest BCUT2D eigenvalue weighted by atomic mass is 15.2. The summed E-state index contributed by atoms with van der Waals surface area (Å²) >= 11 is 0. The van der Waals surface area contributed by atoms with Crippen LogP contribution in [0.5, 0.6) is 0 Å². The van der Waals surface area contributed by atoms with E-state index in [1.54, 1.807) is 0 Å². The zero-order chi connectivity index (χ0) is 14.4. The van der Waals surface area contributed by atoms with E-state index in [1.165, 1.54) is 37.9 Å². The molecule has 1 saturated heterocycles. The fraction of sp³-hybridized carbons (Fsp3) is 0.647. The summed E-state index contributed by atoms with van der Waals surface area (Å²) in [5.41, 5.74) is 7.73. The van der Waals surface area contributed by atoms with Crippen molar-refractivity contribution in [3.05, 3.63) is 35.9 Å². The van der Waals surface area contributed by atoms with Crippen molar-refractivity contribution in [3.8, 4) is 0 Å². The molecule has 0 spiro atoms. The summed E-state index contributed by atoms with van der Waals surface area (Å²) < 4.78 is 0. The number of nitrogens with two attached hydrogens (primary N) is 1. The minimum absolute atomic E-state index is 0.166. The zero-order valence-electron chi connectivity index (χ0n) is 13.0. The lowest BCUT2D eigenvalue weighted by molar-refractivity contribution is 0.0994. The molecule has 20 heavy (non-hydrogen) atoms. The van der Waals surface area contributed by atoms with Crippen molar-refractivity contribution in [1.29, 1.82) is 0 Å². The van der Waals surface area contributed by atoms with Crippen LogP contribution in [0.2, 0.25) is 0 Å². The van der Waals surface area contributed by atoms with Crippen molar-refractivity contribution in [3.63, 3.8) is 0 Å². The van der Waals surface area contributed by atoms with E-state index in [-0.39, 0.29) is 5.54 Å². The van der Waals surface area contributed by atoms with Crippen LogP contribution in [-0.4, -0.2) is 48.6 Å². The topological polar surface area (TPSA) is 32.5 Å². The molecule has 0 bridgehead atoms. The summed E-state index contributed by atoms with van der Waals surface area (Å²) in [5, 5.41) is 0. The summed E-state index contributed by atoms with van der Waals surface area (Å²) in [6.45, 7) is 7.55. The van der Waals surface area contributed by atoms with Crippen molar-refractivity contribution in [2.24, 2.45) is 5.73 Å². The highest BCUT2D eigenvalue weighted by Gasteiger charge is 2.34. The molecule has 1 unspecified atom stereocenters. The first-order valence-electron chi connectivity index (χ1n) is 7.88. The fourth-order valence-electron chi connectivity index (χ4n) is 3.32. The number of benzene rings is 1. The van der Waals surface area contributed by atoms with E-state index in [4.69, 9.17) is 5.73 Å². The van der Waals surface area contributed by atoms with Gasteiger partial charge >= 0.3 is 0 Å². The van der Waals surface area contributed by atoms with Gasteiger partial charge in [-0.05, 0) is 51.5 Å². The maximum atomic E-state index is 6.19. The third-order valence-corrected chi connectivity index (χ3v) is 4.91. The molecule has 1 fully saturated rings. The van der Waals surface area contributed by atoms with Crippen LogP contribution in [0, 0.1) is 0 Å². The molecule has 2 rings (SSSR count). The van der Waals surface area contributed by atoms with Gasteiger partial charge in [0.2, 0.25) is 0 Å². The Hall–Kier alpha value is -0.900. The Kier molecular flexibility index (Phi) is 5.58. The number of hydrogen-bond acceptors (Lipinski definition) is 3. The lowest BCUT2D eigenvalue weighted by Crippen LogP contribution is -2.52. The van der Waals surface area contributed by atoms with Gasteiger partial charge in [0.15, 0.2) is 0 Å². The minimum atomic E-state index is 0.166. The standard InChI is InChI=1S/C17H29N3/c1-3-20-12-7-10-17(15-18,11-13-20)19(2)14-16-8-5-4-6-9-16/h4-6,8-9H,3,7,10-15,18H2,1-2H3. The summed E-state index contributed by atoms with van der Waals surface area (Å²) in [4.78, 5) is 5.04. The van der Waals surface area contributed by atoms with Gasteiger partial charge in [-0.1, -0.05) is 37.3 Å². The highest BCUT2D eigenvalue weighted by Crippen LogP contribution is 2.28. The summed E-state index contributed by atoms with van der Waals surface area (Å²) in [7, 11) is 2.24. The molecule has 3 nitrogen and oxygen atoms in total. The Balaban J connectivity index is 2.05. The maximum Gasteiger partial charge on any atom is 0.0344 e. The second-order valence-corrected chi connectivity index (χ2v) is 6.06. The lowest BCUT2D eigenvalue weighted by atomic mass is 9.88. The van der Waals surface area contributed by atoms with E-state index >= 15 is 0 Å². The predicted molar refractivity (Wildman–Crippen MR) is 85.7 cm³/mol. The molecule has 112 valence electrons. The SMILES string of the molecule is CCN1CCCC(CN)(N(C)Cc2ccccc2)CC1. The van der Waals surface area contributed by atoms with E-state index < -0.39 is 0 Å². The van der Waals surface area contributed by atoms with E-state index in [0.29, 0.717) is 0 Å². The second kappa shape index (κ2) is 7.21. The number of hydrogen-bond donors (Lipinski definition) is 1. The zero-order valence-corrected chi connectivity index (χ0v) is 13.0. The first-order valence-corrected chi connectivity index (χ1v) is 7.88. The van der Waals surface area contributed by atoms with Crippen LogP contribution < -0.4 is 5.73 Å². The van der Waals surface area contributed by atoms with Gasteiger partial charge in [0.1, 0.15) is 0 Å². The van der Waals surface area contributed by atoms with Gasteiger partial charge in [-0.25, -0.2) is 0 Å². The Morgan fingerprint density at radius 3 is 2.60 bits per heavy atom. The fourth-order valence-corrected chi connectivity index (χ4v) is 3.32. The number of likely N-dealkylation sites (tertiary alicyclic amines) is 1. The van der Waals surface area contributed by atoms with Gasteiger partial charge in [-0.3, -0.25) is 4.90 Å². The number of nitrogens with zero attached hydrogens (tertiary/aromatic N) is 2. The maximum absolute atomic E-state index is 6.19. The van der Waals surface area contributed by atoms with Crippen molar-refractivity contribution in [2.75, 3.05) is 33.2 Å². The number of rotatable bonds is 5. The van der Waals surface area contributed by atoms with Crippen molar-refractivity contribution in [1.82, 2.24) is 9.80 Å². The van der Waals surface area contributed by atoms with Crippen LogP contribution in [0.1, 0.15) is 31.7 Å². The Morgan fingerprint density at radius 2 is 1.95 bits per heavy atom. The van der Waals surface area contributed by atoms with E-state index in [1.807, 2.05) is 0 Å². The molecule has 1 aliphatic rings. The summed E-state index contributed by atoms with van der Waals surface area (Å²) in [6.07, 6.45) is 3.65. The van der Waals surface area contributed by atoms with Crippen molar-refractivity contribution in [2.45, 2.75) is 38.3 Å². The molecule has 0 amide bonds. The molecule has 2 N–H and O–H groups in total. The van der Waals surface area contributed by atoms with Crippen LogP contribution >= 0.6 is 0 Å². The van der Waals surface area contributed by atoms with Gasteiger partial charge in [-0.2, -0.15) is 0 Å². The smallest absolute Gasteiger partial charge is 0.0344 e. The van der Waals surface area contributed by atoms with Gasteiger partial charge < -0.3 is 10.6 Å². The third-order valence-electron chi connectivity index (χ3n) is 4.91. The monoisotopic (exact) mass is 275 g/mol. The average Bonchev–Trinajstić information content (AvgIpc) is 2.71. The van der Waals surface area contributed by atoms with Crippen molar-refractivity contribution < 1.29 is 0 Å². The molecular weight excluding hydrogens is 246 g/mol. The van der Waals surface area contributed by atoms with Crippen LogP contribution in [-0.2, 0) is 6.54 Å². The molecule has 3 heteroatoms. The van der Waals surface area contributed by atoms with Gasteiger partial charge in [0, 0.05) is 18.6 Å². The molecule has 0 aromatic heterocycles. The van der Waals surface area contributed by atoms with Gasteiger partial charge in [-0.15, -0.1) is 0 Å². The Labute approximate surface area is 123 Å². The molecule has 0 radical (unpaired) electrons. The largest absolute Gasteiger partial charge is 0.329 e. The molecule has 0 saturated carbocycles. The van der Waals surface area contributed by atoms with Crippen LogP contribution in [0.4, 0.5) is 0 Å². The quantitative estimate of drug-likeness (QED) is 0.895. The first-order chi connectivity index (χ1) is 9.70. The molecule has 0 aliphatic carbocycles. The second-order valence-electron chi connectivity index (χ2n) is 6.06.